The van der Waals surface area contributed by atoms with Crippen molar-refractivity contribution in [3.8, 4) is 0 Å². The normalized spacial score (nSPS) is 10.7. The van der Waals surface area contributed by atoms with Crippen LogP contribution in [0.15, 0.2) is 24.3 Å². The van der Waals surface area contributed by atoms with E-state index >= 15 is 0 Å². The maximum Gasteiger partial charge on any atom is 0.0447 e. The van der Waals surface area contributed by atoms with Crippen molar-refractivity contribution in [1.82, 2.24) is 0 Å². The van der Waals surface area contributed by atoms with Gasteiger partial charge in [0, 0.05) is 30.6 Å². The van der Waals surface area contributed by atoms with Crippen molar-refractivity contribution >= 4 is 11.4 Å². The van der Waals surface area contributed by atoms with Crippen LogP contribution in [0.5, 0.6) is 0 Å². The van der Waals surface area contributed by atoms with Gasteiger partial charge < -0.3 is 15.7 Å². The molecule has 0 saturated carbocycles. The molecule has 0 saturated heterocycles. The minimum Gasteiger partial charge on any atom is -0.399 e. The first-order valence-corrected chi connectivity index (χ1v) is 5.38. The molecule has 1 aromatic carbocycles. The largest absolute Gasteiger partial charge is 0.399 e. The van der Waals surface area contributed by atoms with Gasteiger partial charge in [-0.2, -0.15) is 0 Å². The van der Waals surface area contributed by atoms with Crippen LogP contribution in [0, 0.1) is 0 Å². The average Bonchev–Trinajstić information content (AvgIpc) is 2.21. The molecular formula is C12H20N2O. The van der Waals surface area contributed by atoms with E-state index in [-0.39, 0.29) is 6.61 Å². The molecule has 0 amide bonds. The van der Waals surface area contributed by atoms with Crippen LogP contribution in [-0.4, -0.2) is 24.3 Å². The Morgan fingerprint density at radius 1 is 1.27 bits per heavy atom. The zero-order chi connectivity index (χ0) is 11.3. The van der Waals surface area contributed by atoms with Gasteiger partial charge in [-0.3, -0.25) is 0 Å². The van der Waals surface area contributed by atoms with Crippen molar-refractivity contribution in [2.75, 3.05) is 23.8 Å². The van der Waals surface area contributed by atoms with E-state index in [0.29, 0.717) is 6.04 Å². The summed E-state index contributed by atoms with van der Waals surface area (Å²) in [7, 11) is 0. The molecule has 84 valence electrons. The van der Waals surface area contributed by atoms with Gasteiger partial charge in [-0.05, 0) is 44.5 Å². The summed E-state index contributed by atoms with van der Waals surface area (Å²) in [4.78, 5) is 2.26. The van der Waals surface area contributed by atoms with Gasteiger partial charge in [-0.25, -0.2) is 0 Å². The molecule has 0 aliphatic carbocycles. The molecule has 0 heterocycles. The predicted molar refractivity (Wildman–Crippen MR) is 65.0 cm³/mol. The minimum absolute atomic E-state index is 0.234. The zero-order valence-electron chi connectivity index (χ0n) is 9.48. The van der Waals surface area contributed by atoms with Crippen molar-refractivity contribution in [1.29, 1.82) is 0 Å². The van der Waals surface area contributed by atoms with E-state index in [0.717, 1.165) is 24.3 Å². The first-order valence-electron chi connectivity index (χ1n) is 5.38. The van der Waals surface area contributed by atoms with Crippen LogP contribution in [0.2, 0.25) is 0 Å². The van der Waals surface area contributed by atoms with E-state index in [4.69, 9.17) is 10.8 Å². The molecule has 1 aromatic rings. The number of hydrogen-bond acceptors (Lipinski definition) is 3. The van der Waals surface area contributed by atoms with Gasteiger partial charge >= 0.3 is 0 Å². The number of rotatable bonds is 5. The number of aliphatic hydroxyl groups is 1. The van der Waals surface area contributed by atoms with E-state index < -0.39 is 0 Å². The van der Waals surface area contributed by atoms with Crippen LogP contribution < -0.4 is 10.6 Å². The molecule has 3 N–H and O–H groups in total. The Balaban J connectivity index is 2.74. The number of nitrogens with zero attached hydrogens (tertiary/aromatic N) is 1. The lowest BCUT2D eigenvalue weighted by molar-refractivity contribution is 0.288. The van der Waals surface area contributed by atoms with Gasteiger partial charge in [-0.1, -0.05) is 0 Å². The van der Waals surface area contributed by atoms with Crippen LogP contribution in [0.4, 0.5) is 11.4 Å². The summed E-state index contributed by atoms with van der Waals surface area (Å²) in [6.07, 6.45) is 0.794. The van der Waals surface area contributed by atoms with Crippen LogP contribution in [-0.2, 0) is 0 Å². The third-order valence-electron chi connectivity index (χ3n) is 2.41. The summed E-state index contributed by atoms with van der Waals surface area (Å²) in [6.45, 7) is 5.40. The van der Waals surface area contributed by atoms with E-state index in [1.54, 1.807) is 0 Å². The van der Waals surface area contributed by atoms with E-state index in [2.05, 4.69) is 18.7 Å². The van der Waals surface area contributed by atoms with Gasteiger partial charge in [0.1, 0.15) is 0 Å². The van der Waals surface area contributed by atoms with E-state index in [1.165, 1.54) is 0 Å². The molecular weight excluding hydrogens is 188 g/mol. The van der Waals surface area contributed by atoms with Gasteiger partial charge in [0.25, 0.3) is 0 Å². The quantitative estimate of drug-likeness (QED) is 0.726. The fraction of sp³-hybridized carbons (Fsp3) is 0.500. The minimum atomic E-state index is 0.234. The lowest BCUT2D eigenvalue weighted by Gasteiger charge is -2.28. The maximum absolute atomic E-state index is 8.84. The van der Waals surface area contributed by atoms with Gasteiger partial charge in [0.05, 0.1) is 0 Å². The zero-order valence-corrected chi connectivity index (χ0v) is 9.48. The number of anilines is 2. The molecule has 0 fully saturated rings. The average molecular weight is 208 g/mol. The Kier molecular flexibility index (Phi) is 4.43. The molecule has 0 aliphatic heterocycles. The van der Waals surface area contributed by atoms with Crippen LogP contribution in [0.3, 0.4) is 0 Å². The van der Waals surface area contributed by atoms with Crippen LogP contribution in [0.1, 0.15) is 20.3 Å². The van der Waals surface area contributed by atoms with Gasteiger partial charge in [-0.15, -0.1) is 0 Å². The van der Waals surface area contributed by atoms with Crippen LogP contribution >= 0.6 is 0 Å². The Labute approximate surface area is 91.5 Å². The number of hydrogen-bond donors (Lipinski definition) is 2. The van der Waals surface area contributed by atoms with Crippen LogP contribution in [0.25, 0.3) is 0 Å². The second-order valence-electron chi connectivity index (χ2n) is 3.96. The summed E-state index contributed by atoms with van der Waals surface area (Å²) in [5.41, 5.74) is 7.59. The summed E-state index contributed by atoms with van der Waals surface area (Å²) >= 11 is 0. The Hall–Kier alpha value is -1.22. The SMILES string of the molecule is CC(C)N(CCCO)c1ccc(N)cc1. The standard InChI is InChI=1S/C12H20N2O/c1-10(2)14(8-3-9-15)12-6-4-11(13)5-7-12/h4-7,10,15H,3,8-9,13H2,1-2H3. The molecule has 0 aliphatic rings. The predicted octanol–water partition coefficient (Wildman–Crippen LogP) is 1.87. The number of benzene rings is 1. The molecule has 0 atom stereocenters. The molecule has 3 nitrogen and oxygen atoms in total. The number of nitrogens with two attached hydrogens (primary N) is 1. The highest BCUT2D eigenvalue weighted by Crippen LogP contribution is 2.18. The first kappa shape index (κ1) is 11.9. The molecule has 1 rings (SSSR count). The molecule has 0 radical (unpaired) electrons. The molecule has 0 bridgehead atoms. The fourth-order valence-electron chi connectivity index (χ4n) is 1.59. The van der Waals surface area contributed by atoms with Crippen molar-refractivity contribution < 1.29 is 5.11 Å². The molecule has 0 aromatic heterocycles. The van der Waals surface area contributed by atoms with Gasteiger partial charge in [0.15, 0.2) is 0 Å². The monoisotopic (exact) mass is 208 g/mol. The second-order valence-corrected chi connectivity index (χ2v) is 3.96. The van der Waals surface area contributed by atoms with Crippen molar-refractivity contribution in [2.45, 2.75) is 26.3 Å². The van der Waals surface area contributed by atoms with Gasteiger partial charge in [0.2, 0.25) is 0 Å². The number of aliphatic hydroxyl groups excluding tert-OH is 1. The van der Waals surface area contributed by atoms with Crippen molar-refractivity contribution in [2.24, 2.45) is 0 Å². The van der Waals surface area contributed by atoms with E-state index in [1.807, 2.05) is 24.3 Å². The summed E-state index contributed by atoms with van der Waals surface area (Å²) in [5.74, 6) is 0. The molecule has 0 spiro atoms. The molecule has 3 heteroatoms. The molecule has 0 unspecified atom stereocenters. The third-order valence-corrected chi connectivity index (χ3v) is 2.41. The smallest absolute Gasteiger partial charge is 0.0447 e. The molecule has 15 heavy (non-hydrogen) atoms. The maximum atomic E-state index is 8.84. The first-order chi connectivity index (χ1) is 7.15. The Bertz CT molecular complexity index is 282. The lowest BCUT2D eigenvalue weighted by Crippen LogP contribution is -2.32. The summed E-state index contributed by atoms with van der Waals surface area (Å²) in [5, 5.41) is 8.84. The lowest BCUT2D eigenvalue weighted by atomic mass is 10.2. The second kappa shape index (κ2) is 5.61. The Morgan fingerprint density at radius 2 is 1.87 bits per heavy atom. The Morgan fingerprint density at radius 3 is 2.33 bits per heavy atom. The van der Waals surface area contributed by atoms with Crippen molar-refractivity contribution in [3.63, 3.8) is 0 Å². The highest BCUT2D eigenvalue weighted by atomic mass is 16.3. The fourth-order valence-corrected chi connectivity index (χ4v) is 1.59. The highest BCUT2D eigenvalue weighted by Gasteiger charge is 2.09. The third kappa shape index (κ3) is 3.44. The number of nitrogen functional groups attached to an aromatic ring is 1. The van der Waals surface area contributed by atoms with E-state index in [9.17, 15) is 0 Å². The summed E-state index contributed by atoms with van der Waals surface area (Å²) in [6, 6.07) is 8.28. The summed E-state index contributed by atoms with van der Waals surface area (Å²) < 4.78 is 0. The highest BCUT2D eigenvalue weighted by molar-refractivity contribution is 5.53. The topological polar surface area (TPSA) is 49.5 Å². The van der Waals surface area contributed by atoms with Crippen molar-refractivity contribution in [3.05, 3.63) is 24.3 Å².